The van der Waals surface area contributed by atoms with Crippen molar-refractivity contribution < 1.29 is 14.3 Å². The molecule has 1 aromatic heterocycles. The molecule has 0 aromatic carbocycles. The number of ether oxygens (including phenoxy) is 2. The van der Waals surface area contributed by atoms with Crippen LogP contribution in [0.3, 0.4) is 0 Å². The molecule has 0 radical (unpaired) electrons. The van der Waals surface area contributed by atoms with Gasteiger partial charge in [-0.1, -0.05) is 0 Å². The molecule has 2 heterocycles. The topological polar surface area (TPSA) is 67.8 Å². The number of carbonyl (C=O) groups is 1. The minimum absolute atomic E-state index is 0.0930. The van der Waals surface area contributed by atoms with Crippen LogP contribution in [0.1, 0.15) is 12.8 Å². The Balaban J connectivity index is 2.07. The van der Waals surface area contributed by atoms with Crippen LogP contribution in [0, 0.1) is 0 Å². The van der Waals surface area contributed by atoms with Crippen molar-refractivity contribution in [3.05, 3.63) is 6.07 Å². The largest absolute Gasteiger partial charge is 0.481 e. The Bertz CT molecular complexity index is 452. The summed E-state index contributed by atoms with van der Waals surface area (Å²) in [5.74, 6) is 1.32. The van der Waals surface area contributed by atoms with Crippen LogP contribution in [0.15, 0.2) is 6.07 Å². The van der Waals surface area contributed by atoms with Crippen LogP contribution in [0.4, 0.5) is 5.95 Å². The second kappa shape index (κ2) is 6.40. The quantitative estimate of drug-likeness (QED) is 0.785. The second-order valence-corrected chi connectivity index (χ2v) is 4.70. The zero-order valence-corrected chi connectivity index (χ0v) is 12.1. The smallest absolute Gasteiger partial charge is 0.242 e. The molecular weight excluding hydrogens is 260 g/mol. The fraction of sp³-hybridized carbons (Fsp3) is 0.615. The van der Waals surface area contributed by atoms with Gasteiger partial charge in [0.1, 0.15) is 0 Å². The standard InChI is InChI=1S/C13H20N4O3/c1-16(9-12(18)17-6-4-5-7-17)13-14-10(19-2)8-11(15-13)20-3/h8H,4-7,9H2,1-3H3. The first-order chi connectivity index (χ1) is 9.63. The van der Waals surface area contributed by atoms with Crippen molar-refractivity contribution in [3.63, 3.8) is 0 Å². The van der Waals surface area contributed by atoms with Gasteiger partial charge in [-0.25, -0.2) is 0 Å². The molecule has 0 aliphatic carbocycles. The van der Waals surface area contributed by atoms with E-state index in [1.807, 2.05) is 4.90 Å². The lowest BCUT2D eigenvalue weighted by Gasteiger charge is -2.21. The number of likely N-dealkylation sites (tertiary alicyclic amines) is 1. The Morgan fingerprint density at radius 3 is 2.30 bits per heavy atom. The summed E-state index contributed by atoms with van der Waals surface area (Å²) in [6.07, 6.45) is 2.16. The number of aromatic nitrogens is 2. The molecule has 2 rings (SSSR count). The van der Waals surface area contributed by atoms with E-state index in [9.17, 15) is 4.79 Å². The highest BCUT2D eigenvalue weighted by Gasteiger charge is 2.20. The number of anilines is 1. The van der Waals surface area contributed by atoms with Crippen LogP contribution in [0.2, 0.25) is 0 Å². The average Bonchev–Trinajstić information content (AvgIpc) is 3.00. The number of methoxy groups -OCH3 is 2. The minimum Gasteiger partial charge on any atom is -0.481 e. The molecule has 1 aliphatic heterocycles. The summed E-state index contributed by atoms with van der Waals surface area (Å²) >= 11 is 0. The molecule has 1 saturated heterocycles. The van der Waals surface area contributed by atoms with Gasteiger partial charge in [-0.15, -0.1) is 0 Å². The minimum atomic E-state index is 0.0930. The lowest BCUT2D eigenvalue weighted by atomic mass is 10.4. The predicted octanol–water partition coefficient (Wildman–Crippen LogP) is 0.552. The van der Waals surface area contributed by atoms with Gasteiger partial charge in [-0.2, -0.15) is 9.97 Å². The van der Waals surface area contributed by atoms with E-state index in [2.05, 4.69) is 9.97 Å². The summed E-state index contributed by atoms with van der Waals surface area (Å²) in [5.41, 5.74) is 0. The van der Waals surface area contributed by atoms with Gasteiger partial charge in [0.15, 0.2) is 0 Å². The fourth-order valence-electron chi connectivity index (χ4n) is 2.11. The third-order valence-electron chi connectivity index (χ3n) is 3.26. The van der Waals surface area contributed by atoms with E-state index in [0.717, 1.165) is 25.9 Å². The Morgan fingerprint density at radius 2 is 1.80 bits per heavy atom. The van der Waals surface area contributed by atoms with Crippen molar-refractivity contribution in [1.82, 2.24) is 14.9 Å². The molecule has 20 heavy (non-hydrogen) atoms. The number of amides is 1. The number of hydrogen-bond donors (Lipinski definition) is 0. The van der Waals surface area contributed by atoms with Crippen molar-refractivity contribution >= 4 is 11.9 Å². The van der Waals surface area contributed by atoms with Gasteiger partial charge >= 0.3 is 0 Å². The number of rotatable bonds is 5. The van der Waals surface area contributed by atoms with Crippen LogP contribution in [0.25, 0.3) is 0 Å². The molecule has 7 heteroatoms. The highest BCUT2D eigenvalue weighted by atomic mass is 16.5. The van der Waals surface area contributed by atoms with E-state index in [-0.39, 0.29) is 12.5 Å². The van der Waals surface area contributed by atoms with Crippen LogP contribution >= 0.6 is 0 Å². The fourth-order valence-corrected chi connectivity index (χ4v) is 2.11. The predicted molar refractivity (Wildman–Crippen MR) is 74.2 cm³/mol. The van der Waals surface area contributed by atoms with Crippen molar-refractivity contribution in [2.45, 2.75) is 12.8 Å². The Labute approximate surface area is 118 Å². The van der Waals surface area contributed by atoms with Crippen LogP contribution in [0.5, 0.6) is 11.8 Å². The molecule has 0 atom stereocenters. The zero-order valence-electron chi connectivity index (χ0n) is 12.1. The molecule has 0 spiro atoms. The van der Waals surface area contributed by atoms with Crippen molar-refractivity contribution in [2.24, 2.45) is 0 Å². The van der Waals surface area contributed by atoms with Crippen LogP contribution in [-0.2, 0) is 4.79 Å². The third kappa shape index (κ3) is 3.28. The maximum absolute atomic E-state index is 12.1. The molecule has 7 nitrogen and oxygen atoms in total. The second-order valence-electron chi connectivity index (χ2n) is 4.70. The van der Waals surface area contributed by atoms with E-state index in [1.165, 1.54) is 14.2 Å². The van der Waals surface area contributed by atoms with E-state index in [1.54, 1.807) is 18.0 Å². The highest BCUT2D eigenvalue weighted by molar-refractivity contribution is 5.81. The lowest BCUT2D eigenvalue weighted by Crippen LogP contribution is -2.37. The monoisotopic (exact) mass is 280 g/mol. The maximum Gasteiger partial charge on any atom is 0.242 e. The summed E-state index contributed by atoms with van der Waals surface area (Å²) in [7, 11) is 4.84. The molecule has 1 amide bonds. The summed E-state index contributed by atoms with van der Waals surface area (Å²) in [6, 6.07) is 1.60. The van der Waals surface area contributed by atoms with Gasteiger partial charge in [0.05, 0.1) is 26.8 Å². The van der Waals surface area contributed by atoms with Crippen molar-refractivity contribution in [1.29, 1.82) is 0 Å². The molecular formula is C13H20N4O3. The van der Waals surface area contributed by atoms with Gasteiger partial charge in [-0.05, 0) is 12.8 Å². The maximum atomic E-state index is 12.1. The Kier molecular flexibility index (Phi) is 4.60. The average molecular weight is 280 g/mol. The number of likely N-dealkylation sites (N-methyl/N-ethyl adjacent to an activating group) is 1. The summed E-state index contributed by atoms with van der Waals surface area (Å²) in [5, 5.41) is 0. The normalized spacial score (nSPS) is 14.2. The van der Waals surface area contributed by atoms with Crippen molar-refractivity contribution in [2.75, 3.05) is 45.8 Å². The highest BCUT2D eigenvalue weighted by Crippen LogP contribution is 2.19. The zero-order chi connectivity index (χ0) is 14.5. The third-order valence-corrected chi connectivity index (χ3v) is 3.26. The SMILES string of the molecule is COc1cc(OC)nc(N(C)CC(=O)N2CCCC2)n1. The number of hydrogen-bond acceptors (Lipinski definition) is 6. The molecule has 0 N–H and O–H groups in total. The Hall–Kier alpha value is -2.05. The Morgan fingerprint density at radius 1 is 1.25 bits per heavy atom. The van der Waals surface area contributed by atoms with Gasteiger partial charge in [-0.3, -0.25) is 4.79 Å². The first kappa shape index (κ1) is 14.4. The molecule has 0 saturated carbocycles. The molecule has 1 fully saturated rings. The first-order valence-electron chi connectivity index (χ1n) is 6.60. The lowest BCUT2D eigenvalue weighted by molar-refractivity contribution is -0.128. The van der Waals surface area contributed by atoms with E-state index in [0.29, 0.717) is 17.7 Å². The van der Waals surface area contributed by atoms with Crippen LogP contribution in [-0.4, -0.2) is 61.7 Å². The van der Waals surface area contributed by atoms with Crippen molar-refractivity contribution in [3.8, 4) is 11.8 Å². The molecule has 1 aliphatic rings. The van der Waals surface area contributed by atoms with E-state index in [4.69, 9.17) is 9.47 Å². The molecule has 0 bridgehead atoms. The van der Waals surface area contributed by atoms with Crippen LogP contribution < -0.4 is 14.4 Å². The van der Waals surface area contributed by atoms with Gasteiger partial charge in [0, 0.05) is 20.1 Å². The summed E-state index contributed by atoms with van der Waals surface area (Å²) in [4.78, 5) is 24.1. The number of carbonyl (C=O) groups excluding carboxylic acids is 1. The van der Waals surface area contributed by atoms with E-state index >= 15 is 0 Å². The summed E-state index contributed by atoms with van der Waals surface area (Å²) < 4.78 is 10.2. The van der Waals surface area contributed by atoms with Gasteiger partial charge in [0.25, 0.3) is 0 Å². The van der Waals surface area contributed by atoms with E-state index < -0.39 is 0 Å². The molecule has 110 valence electrons. The van der Waals surface area contributed by atoms with Gasteiger partial charge in [0.2, 0.25) is 23.6 Å². The molecule has 1 aromatic rings. The summed E-state index contributed by atoms with van der Waals surface area (Å²) in [6.45, 7) is 1.93. The van der Waals surface area contributed by atoms with Gasteiger partial charge < -0.3 is 19.3 Å². The number of nitrogens with zero attached hydrogens (tertiary/aromatic N) is 4. The first-order valence-corrected chi connectivity index (χ1v) is 6.60. The molecule has 0 unspecified atom stereocenters.